The molecule has 32 heavy (non-hydrogen) atoms. The van der Waals surface area contributed by atoms with Crippen molar-refractivity contribution in [3.63, 3.8) is 0 Å². The van der Waals surface area contributed by atoms with Crippen LogP contribution in [0.15, 0.2) is 60.1 Å². The van der Waals surface area contributed by atoms with Crippen LogP contribution in [0.4, 0.5) is 0 Å². The van der Waals surface area contributed by atoms with Gasteiger partial charge in [0.2, 0.25) is 0 Å². The Bertz CT molecular complexity index is 1340. The molecule has 0 aliphatic heterocycles. The van der Waals surface area contributed by atoms with Crippen molar-refractivity contribution in [1.29, 1.82) is 0 Å². The lowest BCUT2D eigenvalue weighted by molar-refractivity contribution is 0.0687. The van der Waals surface area contributed by atoms with Crippen molar-refractivity contribution in [2.45, 2.75) is 31.8 Å². The van der Waals surface area contributed by atoms with Crippen LogP contribution >= 0.6 is 11.6 Å². The predicted octanol–water partition coefficient (Wildman–Crippen LogP) is 4.56. The fourth-order valence-electron chi connectivity index (χ4n) is 4.16. The van der Waals surface area contributed by atoms with E-state index >= 15 is 0 Å². The topological polar surface area (TPSA) is 84.9 Å². The van der Waals surface area contributed by atoms with Gasteiger partial charge in [-0.25, -0.2) is 15.0 Å². The Morgan fingerprint density at radius 1 is 1.12 bits per heavy atom. The lowest BCUT2D eigenvalue weighted by atomic mass is 9.96. The molecule has 1 aromatic carbocycles. The first kappa shape index (κ1) is 20.6. The fraction of sp³-hybridized carbons (Fsp3) is 0.250. The normalized spacial score (nSPS) is 17.2. The number of hydrogen-bond donors (Lipinski definition) is 1. The van der Waals surface area contributed by atoms with Crippen LogP contribution in [-0.4, -0.2) is 37.3 Å². The highest BCUT2D eigenvalue weighted by Gasteiger charge is 2.35. The Kier molecular flexibility index (Phi) is 4.95. The third-order valence-corrected chi connectivity index (χ3v) is 6.02. The van der Waals surface area contributed by atoms with Gasteiger partial charge in [0.15, 0.2) is 5.82 Å². The number of nitrogens with zero attached hydrogens (tertiary/aromatic N) is 5. The van der Waals surface area contributed by atoms with Crippen LogP contribution in [0.25, 0.3) is 16.8 Å². The van der Waals surface area contributed by atoms with Gasteiger partial charge >= 0.3 is 0 Å². The van der Waals surface area contributed by atoms with Crippen molar-refractivity contribution in [3.8, 4) is 11.1 Å². The lowest BCUT2D eigenvalue weighted by Gasteiger charge is -2.15. The van der Waals surface area contributed by atoms with Gasteiger partial charge in [0.05, 0.1) is 5.69 Å². The highest BCUT2D eigenvalue weighted by molar-refractivity contribution is 6.31. The van der Waals surface area contributed by atoms with Crippen molar-refractivity contribution >= 4 is 23.0 Å². The Morgan fingerprint density at radius 2 is 1.88 bits per heavy atom. The maximum Gasteiger partial charge on any atom is 0.159 e. The molecule has 5 rings (SSSR count). The van der Waals surface area contributed by atoms with Crippen LogP contribution in [0.1, 0.15) is 49.0 Å². The van der Waals surface area contributed by atoms with Crippen LogP contribution in [0.3, 0.4) is 0 Å². The minimum Gasteiger partial charge on any atom is -0.399 e. The fourth-order valence-corrected chi connectivity index (χ4v) is 4.43. The molecule has 1 aliphatic carbocycles. The molecule has 0 bridgehead atoms. The van der Waals surface area contributed by atoms with E-state index < -0.39 is 5.60 Å². The maximum absolute atomic E-state index is 10.1. The molecule has 1 atom stereocenters. The number of halogens is 1. The molecular formula is C24H22ClN5O2. The van der Waals surface area contributed by atoms with Gasteiger partial charge in [0, 0.05) is 47.1 Å². The zero-order valence-corrected chi connectivity index (χ0v) is 18.7. The third kappa shape index (κ3) is 3.43. The summed E-state index contributed by atoms with van der Waals surface area (Å²) in [7, 11) is 1.54. The van der Waals surface area contributed by atoms with Crippen LogP contribution in [0.5, 0.6) is 0 Å². The first-order chi connectivity index (χ1) is 15.4. The summed E-state index contributed by atoms with van der Waals surface area (Å²) in [5.74, 6) is 0.386. The average molecular weight is 448 g/mol. The van der Waals surface area contributed by atoms with E-state index in [1.165, 1.54) is 0 Å². The van der Waals surface area contributed by atoms with Crippen molar-refractivity contribution in [2.24, 2.45) is 5.16 Å². The Hall–Kier alpha value is -3.29. The van der Waals surface area contributed by atoms with E-state index in [0.717, 1.165) is 39.4 Å². The molecule has 162 valence electrons. The van der Waals surface area contributed by atoms with Crippen LogP contribution in [-0.2, 0) is 10.4 Å². The number of oxime groups is 1. The maximum atomic E-state index is 10.1. The third-order valence-electron chi connectivity index (χ3n) is 5.67. The van der Waals surface area contributed by atoms with E-state index in [0.29, 0.717) is 17.3 Å². The summed E-state index contributed by atoms with van der Waals surface area (Å²) in [6.07, 6.45) is 6.14. The second-order valence-corrected chi connectivity index (χ2v) is 8.75. The molecule has 1 unspecified atom stereocenters. The van der Waals surface area contributed by atoms with E-state index in [1.54, 1.807) is 33.4 Å². The Balaban J connectivity index is 1.65. The largest absolute Gasteiger partial charge is 0.399 e. The van der Waals surface area contributed by atoms with Gasteiger partial charge in [0.25, 0.3) is 0 Å². The van der Waals surface area contributed by atoms with Gasteiger partial charge < -0.3 is 14.3 Å². The van der Waals surface area contributed by atoms with Gasteiger partial charge in [-0.1, -0.05) is 35.0 Å². The van der Waals surface area contributed by atoms with Gasteiger partial charge in [-0.3, -0.25) is 0 Å². The minimum absolute atomic E-state index is 0.00617. The molecule has 0 amide bonds. The summed E-state index contributed by atoms with van der Waals surface area (Å²) in [4.78, 5) is 18.6. The lowest BCUT2D eigenvalue weighted by Crippen LogP contribution is -2.19. The zero-order valence-electron chi connectivity index (χ0n) is 18.0. The molecule has 1 N–H and O–H groups in total. The van der Waals surface area contributed by atoms with Gasteiger partial charge in [-0.15, -0.1) is 0 Å². The van der Waals surface area contributed by atoms with E-state index in [9.17, 15) is 5.11 Å². The van der Waals surface area contributed by atoms with Crippen molar-refractivity contribution in [1.82, 2.24) is 19.4 Å². The summed E-state index contributed by atoms with van der Waals surface area (Å²) >= 11 is 6.55. The standard InChI is InChI=1S/C24H22ClN5O2/c1-24(2,31)23-26-11-15(12-27-23)14-8-9-20-28-21-19(29-32-3)10-17(22(21)30(20)13-14)16-6-4-5-7-18(16)25/h4-9,11-13,17,31H,10H2,1-3H3/b29-19-. The smallest absolute Gasteiger partial charge is 0.159 e. The zero-order chi connectivity index (χ0) is 22.5. The summed E-state index contributed by atoms with van der Waals surface area (Å²) in [5.41, 5.74) is 5.19. The SMILES string of the molecule is CO/N=C1/CC(c2ccccc2Cl)c2c1nc1ccc(-c3cnc(C(C)(C)O)nc3)cn21. The molecule has 1 aliphatic rings. The molecule has 3 aromatic heterocycles. The number of pyridine rings is 1. The monoisotopic (exact) mass is 447 g/mol. The number of aliphatic hydroxyl groups is 1. The quantitative estimate of drug-likeness (QED) is 0.463. The first-order valence-corrected chi connectivity index (χ1v) is 10.7. The predicted molar refractivity (Wildman–Crippen MR) is 123 cm³/mol. The van der Waals surface area contributed by atoms with E-state index in [4.69, 9.17) is 21.4 Å². The molecule has 8 heteroatoms. The molecule has 3 heterocycles. The molecular weight excluding hydrogens is 426 g/mol. The van der Waals surface area contributed by atoms with Crippen molar-refractivity contribution in [3.05, 3.63) is 82.8 Å². The second kappa shape index (κ2) is 7.69. The minimum atomic E-state index is -1.09. The molecule has 0 spiro atoms. The first-order valence-electron chi connectivity index (χ1n) is 10.3. The Labute approximate surface area is 190 Å². The van der Waals surface area contributed by atoms with E-state index in [-0.39, 0.29) is 5.92 Å². The van der Waals surface area contributed by atoms with Crippen molar-refractivity contribution in [2.75, 3.05) is 7.11 Å². The summed E-state index contributed by atoms with van der Waals surface area (Å²) in [6, 6.07) is 11.8. The Morgan fingerprint density at radius 3 is 2.56 bits per heavy atom. The number of hydrogen-bond acceptors (Lipinski definition) is 6. The van der Waals surface area contributed by atoms with E-state index in [1.807, 2.05) is 42.6 Å². The number of rotatable bonds is 4. The van der Waals surface area contributed by atoms with Crippen LogP contribution in [0.2, 0.25) is 5.02 Å². The van der Waals surface area contributed by atoms with E-state index in [2.05, 4.69) is 19.5 Å². The number of fused-ring (bicyclic) bond motifs is 3. The van der Waals surface area contributed by atoms with Gasteiger partial charge in [-0.2, -0.15) is 0 Å². The van der Waals surface area contributed by atoms with Gasteiger partial charge in [-0.05, 0) is 37.6 Å². The molecule has 4 aromatic rings. The summed E-state index contributed by atoms with van der Waals surface area (Å²) in [5, 5.41) is 15.1. The molecule has 0 saturated carbocycles. The van der Waals surface area contributed by atoms with Crippen LogP contribution < -0.4 is 0 Å². The second-order valence-electron chi connectivity index (χ2n) is 8.34. The summed E-state index contributed by atoms with van der Waals surface area (Å²) < 4.78 is 2.08. The van der Waals surface area contributed by atoms with Gasteiger partial charge in [0.1, 0.15) is 29.8 Å². The molecule has 0 fully saturated rings. The van der Waals surface area contributed by atoms with Crippen LogP contribution in [0, 0.1) is 0 Å². The molecule has 0 saturated heterocycles. The number of benzene rings is 1. The summed E-state index contributed by atoms with van der Waals surface area (Å²) in [6.45, 7) is 3.33. The molecule has 7 nitrogen and oxygen atoms in total. The highest BCUT2D eigenvalue weighted by Crippen LogP contribution is 2.41. The molecule has 0 radical (unpaired) electrons. The number of imidazole rings is 1. The average Bonchev–Trinajstić information content (AvgIpc) is 3.31. The number of aromatic nitrogens is 4. The highest BCUT2D eigenvalue weighted by atomic mass is 35.5. The van der Waals surface area contributed by atoms with Crippen molar-refractivity contribution < 1.29 is 9.94 Å².